The monoisotopic (exact) mass is 330 g/mol. The van der Waals surface area contributed by atoms with Gasteiger partial charge >= 0.3 is 0 Å². The van der Waals surface area contributed by atoms with E-state index in [9.17, 15) is 0 Å². The molecule has 4 nitrogen and oxygen atoms in total. The van der Waals surface area contributed by atoms with Crippen molar-refractivity contribution in [3.63, 3.8) is 0 Å². The molecule has 0 fully saturated rings. The van der Waals surface area contributed by atoms with Crippen LogP contribution in [-0.2, 0) is 0 Å². The van der Waals surface area contributed by atoms with Crippen molar-refractivity contribution in [2.45, 2.75) is 26.7 Å². The van der Waals surface area contributed by atoms with Gasteiger partial charge in [-0.25, -0.2) is 0 Å². The molecule has 2 aromatic rings. The molecule has 0 amide bonds. The zero-order valence-corrected chi connectivity index (χ0v) is 15.1. The van der Waals surface area contributed by atoms with Crippen LogP contribution in [0.5, 0.6) is 23.0 Å². The second kappa shape index (κ2) is 8.48. The summed E-state index contributed by atoms with van der Waals surface area (Å²) < 4.78 is 22.2. The molecule has 0 aliphatic heterocycles. The number of ether oxygens (including phenoxy) is 4. The second-order valence-electron chi connectivity index (χ2n) is 5.40. The average molecular weight is 330 g/mol. The fourth-order valence-corrected chi connectivity index (χ4v) is 2.68. The highest BCUT2D eigenvalue weighted by molar-refractivity contribution is 5.54. The summed E-state index contributed by atoms with van der Waals surface area (Å²) in [5.41, 5.74) is 2.26. The molecule has 0 aromatic heterocycles. The van der Waals surface area contributed by atoms with Crippen molar-refractivity contribution in [2.24, 2.45) is 0 Å². The quantitative estimate of drug-likeness (QED) is 0.706. The Kier molecular flexibility index (Phi) is 6.36. The third-order valence-corrected chi connectivity index (χ3v) is 3.98. The molecule has 0 aliphatic carbocycles. The van der Waals surface area contributed by atoms with Crippen LogP contribution in [-0.4, -0.2) is 27.4 Å². The Hall–Kier alpha value is -2.36. The number of hydrogen-bond donors (Lipinski definition) is 0. The lowest BCUT2D eigenvalue weighted by molar-refractivity contribution is 0.302. The smallest absolute Gasteiger partial charge is 0.164 e. The Balaban J connectivity index is 2.45. The normalized spacial score (nSPS) is 11.7. The first-order valence-corrected chi connectivity index (χ1v) is 8.26. The van der Waals surface area contributed by atoms with Gasteiger partial charge in [-0.1, -0.05) is 19.1 Å². The Labute approximate surface area is 144 Å². The van der Waals surface area contributed by atoms with E-state index in [0.29, 0.717) is 19.0 Å². The Morgan fingerprint density at radius 2 is 1.42 bits per heavy atom. The fourth-order valence-electron chi connectivity index (χ4n) is 2.68. The highest BCUT2D eigenvalue weighted by atomic mass is 16.5. The Bertz CT molecular complexity index is 649. The van der Waals surface area contributed by atoms with Gasteiger partial charge in [-0.15, -0.1) is 0 Å². The van der Waals surface area contributed by atoms with Gasteiger partial charge in [0.25, 0.3) is 0 Å². The standard InChI is InChI=1S/C20H26O4/c1-6-23-18-13-19(22-5)20(24-7-2)12-17(18)14(3)15-8-10-16(21-4)11-9-15/h8-14H,6-7H2,1-5H3/t14-/m1/s1. The third kappa shape index (κ3) is 3.94. The summed E-state index contributed by atoms with van der Waals surface area (Å²) in [7, 11) is 3.31. The maximum Gasteiger partial charge on any atom is 0.164 e. The molecule has 2 rings (SSSR count). The molecule has 0 N–H and O–H groups in total. The number of rotatable bonds is 8. The van der Waals surface area contributed by atoms with Gasteiger partial charge in [-0.2, -0.15) is 0 Å². The van der Waals surface area contributed by atoms with Crippen molar-refractivity contribution in [1.82, 2.24) is 0 Å². The summed E-state index contributed by atoms with van der Waals surface area (Å²) in [5.74, 6) is 3.24. The molecule has 0 radical (unpaired) electrons. The summed E-state index contributed by atoms with van der Waals surface area (Å²) >= 11 is 0. The van der Waals surface area contributed by atoms with E-state index in [1.807, 2.05) is 38.1 Å². The van der Waals surface area contributed by atoms with E-state index in [1.54, 1.807) is 14.2 Å². The molecule has 0 aliphatic rings. The highest BCUT2D eigenvalue weighted by Crippen LogP contribution is 2.40. The van der Waals surface area contributed by atoms with Gasteiger partial charge in [0.05, 0.1) is 27.4 Å². The largest absolute Gasteiger partial charge is 0.497 e. The van der Waals surface area contributed by atoms with Gasteiger partial charge in [0.2, 0.25) is 0 Å². The van der Waals surface area contributed by atoms with E-state index in [2.05, 4.69) is 19.1 Å². The van der Waals surface area contributed by atoms with Crippen molar-refractivity contribution in [3.8, 4) is 23.0 Å². The molecular formula is C20H26O4. The van der Waals surface area contributed by atoms with Crippen LogP contribution in [0.15, 0.2) is 36.4 Å². The predicted octanol–water partition coefficient (Wildman–Crippen LogP) is 4.65. The van der Waals surface area contributed by atoms with E-state index in [-0.39, 0.29) is 5.92 Å². The van der Waals surface area contributed by atoms with Gasteiger partial charge in [0.1, 0.15) is 11.5 Å². The maximum absolute atomic E-state index is 5.84. The van der Waals surface area contributed by atoms with Crippen LogP contribution in [0.1, 0.15) is 37.8 Å². The number of methoxy groups -OCH3 is 2. The lowest BCUT2D eigenvalue weighted by atomic mass is 9.92. The summed E-state index contributed by atoms with van der Waals surface area (Å²) in [5, 5.41) is 0. The van der Waals surface area contributed by atoms with Gasteiger partial charge < -0.3 is 18.9 Å². The van der Waals surface area contributed by atoms with Gasteiger partial charge in [0, 0.05) is 17.5 Å². The molecule has 0 bridgehead atoms. The summed E-state index contributed by atoms with van der Waals surface area (Å²) in [4.78, 5) is 0. The van der Waals surface area contributed by atoms with Crippen molar-refractivity contribution in [2.75, 3.05) is 27.4 Å². The predicted molar refractivity (Wildman–Crippen MR) is 95.8 cm³/mol. The molecule has 0 saturated carbocycles. The molecule has 0 spiro atoms. The van der Waals surface area contributed by atoms with Gasteiger partial charge in [-0.05, 0) is 37.6 Å². The first-order valence-electron chi connectivity index (χ1n) is 8.26. The number of hydrogen-bond acceptors (Lipinski definition) is 4. The van der Waals surface area contributed by atoms with Crippen molar-refractivity contribution in [3.05, 3.63) is 47.5 Å². The molecule has 0 unspecified atom stereocenters. The van der Waals surface area contributed by atoms with Crippen LogP contribution < -0.4 is 18.9 Å². The lowest BCUT2D eigenvalue weighted by Crippen LogP contribution is -2.05. The summed E-state index contributed by atoms with van der Waals surface area (Å²) in [6.07, 6.45) is 0. The van der Waals surface area contributed by atoms with E-state index < -0.39 is 0 Å². The van der Waals surface area contributed by atoms with E-state index >= 15 is 0 Å². The number of benzene rings is 2. The minimum Gasteiger partial charge on any atom is -0.497 e. The van der Waals surface area contributed by atoms with Gasteiger partial charge in [-0.3, -0.25) is 0 Å². The molecule has 0 heterocycles. The van der Waals surface area contributed by atoms with Crippen LogP contribution in [0.2, 0.25) is 0 Å². The molecule has 2 aromatic carbocycles. The van der Waals surface area contributed by atoms with Crippen molar-refractivity contribution in [1.29, 1.82) is 0 Å². The molecule has 24 heavy (non-hydrogen) atoms. The minimum atomic E-state index is 0.155. The van der Waals surface area contributed by atoms with Crippen LogP contribution in [0.25, 0.3) is 0 Å². The Morgan fingerprint density at radius 3 is 1.96 bits per heavy atom. The van der Waals surface area contributed by atoms with Crippen LogP contribution in [0.4, 0.5) is 0 Å². The highest BCUT2D eigenvalue weighted by Gasteiger charge is 2.19. The summed E-state index contributed by atoms with van der Waals surface area (Å²) in [6, 6.07) is 12.0. The van der Waals surface area contributed by atoms with E-state index in [4.69, 9.17) is 18.9 Å². The van der Waals surface area contributed by atoms with Crippen LogP contribution in [0, 0.1) is 0 Å². The molecule has 1 atom stereocenters. The zero-order chi connectivity index (χ0) is 17.5. The molecule has 4 heteroatoms. The van der Waals surface area contributed by atoms with E-state index in [0.717, 1.165) is 22.8 Å². The SMILES string of the molecule is CCOc1cc([C@H](C)c2ccc(OC)cc2)c(OCC)cc1OC. The molecule has 0 saturated heterocycles. The first-order chi connectivity index (χ1) is 11.6. The molecular weight excluding hydrogens is 304 g/mol. The van der Waals surface area contributed by atoms with Gasteiger partial charge in [0.15, 0.2) is 11.5 Å². The summed E-state index contributed by atoms with van der Waals surface area (Å²) in [6.45, 7) is 7.27. The second-order valence-corrected chi connectivity index (χ2v) is 5.40. The topological polar surface area (TPSA) is 36.9 Å². The third-order valence-electron chi connectivity index (χ3n) is 3.98. The van der Waals surface area contributed by atoms with Crippen LogP contribution in [0.3, 0.4) is 0 Å². The van der Waals surface area contributed by atoms with Crippen molar-refractivity contribution < 1.29 is 18.9 Å². The minimum absolute atomic E-state index is 0.155. The van der Waals surface area contributed by atoms with Crippen LogP contribution >= 0.6 is 0 Å². The Morgan fingerprint density at radius 1 is 0.792 bits per heavy atom. The van der Waals surface area contributed by atoms with E-state index in [1.165, 1.54) is 5.56 Å². The average Bonchev–Trinajstić information content (AvgIpc) is 2.62. The lowest BCUT2D eigenvalue weighted by Gasteiger charge is -2.20. The van der Waals surface area contributed by atoms with Crippen molar-refractivity contribution >= 4 is 0 Å². The molecule has 130 valence electrons. The fraction of sp³-hybridized carbons (Fsp3) is 0.400. The first kappa shape index (κ1) is 18.0. The maximum atomic E-state index is 5.84. The zero-order valence-electron chi connectivity index (χ0n) is 15.1.